The average Bonchev–Trinajstić information content (AvgIpc) is 3.08. The van der Waals surface area contributed by atoms with E-state index < -0.39 is 34.4 Å². The van der Waals surface area contributed by atoms with E-state index in [1.165, 1.54) is 12.3 Å². The minimum Gasteiger partial charge on any atom is -0.357 e. The third kappa shape index (κ3) is 4.36. The lowest BCUT2D eigenvalue weighted by Crippen LogP contribution is -2.34. The number of aromatic nitrogens is 1. The molecular formula is C19H11ClF4N4O2. The Morgan fingerprint density at radius 2 is 1.90 bits per heavy atom. The Kier molecular flexibility index (Phi) is 5.67. The number of anilines is 1. The number of hydrogen-bond acceptors (Lipinski definition) is 3. The predicted octanol–water partition coefficient (Wildman–Crippen LogP) is 4.11. The molecule has 0 aliphatic heterocycles. The van der Waals surface area contributed by atoms with Crippen LogP contribution in [0.25, 0.3) is 10.9 Å². The predicted molar refractivity (Wildman–Crippen MR) is 99.9 cm³/mol. The molecule has 1 aromatic heterocycles. The Bertz CT molecular complexity index is 1200. The molecular weight excluding hydrogens is 428 g/mol. The molecule has 0 radical (unpaired) electrons. The van der Waals surface area contributed by atoms with Crippen molar-refractivity contribution in [2.24, 2.45) is 0 Å². The van der Waals surface area contributed by atoms with Gasteiger partial charge in [-0.1, -0.05) is 17.7 Å². The summed E-state index contributed by atoms with van der Waals surface area (Å²) in [6.07, 6.45) is -3.35. The highest BCUT2D eigenvalue weighted by molar-refractivity contribution is 6.40. The van der Waals surface area contributed by atoms with E-state index in [4.69, 9.17) is 16.9 Å². The summed E-state index contributed by atoms with van der Waals surface area (Å²) in [5.74, 6) is -2.86. The zero-order chi connectivity index (χ0) is 22.1. The largest absolute Gasteiger partial charge is 0.417 e. The summed E-state index contributed by atoms with van der Waals surface area (Å²) in [7, 11) is 0. The van der Waals surface area contributed by atoms with E-state index in [2.05, 4.69) is 15.6 Å². The van der Waals surface area contributed by atoms with Crippen LogP contribution in [0.4, 0.5) is 23.2 Å². The first-order chi connectivity index (χ1) is 14.1. The Balaban J connectivity index is 1.68. The Hall–Kier alpha value is -3.58. The number of nitrogens with zero attached hydrogens (tertiary/aromatic N) is 1. The van der Waals surface area contributed by atoms with Crippen molar-refractivity contribution in [1.82, 2.24) is 10.3 Å². The third-order valence-corrected chi connectivity index (χ3v) is 4.43. The topological polar surface area (TPSA) is 97.8 Å². The number of nitriles is 1. The molecule has 2 amide bonds. The lowest BCUT2D eigenvalue weighted by Gasteiger charge is -2.11. The number of alkyl halides is 3. The van der Waals surface area contributed by atoms with E-state index in [0.29, 0.717) is 0 Å². The lowest BCUT2D eigenvalue weighted by molar-refractivity contribution is -0.137. The van der Waals surface area contributed by atoms with Gasteiger partial charge in [0.15, 0.2) is 0 Å². The van der Waals surface area contributed by atoms with E-state index in [1.807, 2.05) is 0 Å². The zero-order valence-electron chi connectivity index (χ0n) is 14.8. The SMILES string of the molecule is N#Cc1cc(F)c2[nH]cc(NC(=O)C(=O)NCc3ccc(C(F)(F)F)c(Cl)c3)c2c1. The van der Waals surface area contributed by atoms with Crippen LogP contribution in [0.15, 0.2) is 36.5 Å². The van der Waals surface area contributed by atoms with Crippen LogP contribution >= 0.6 is 11.6 Å². The maximum absolute atomic E-state index is 13.9. The van der Waals surface area contributed by atoms with Crippen molar-refractivity contribution in [2.45, 2.75) is 12.7 Å². The molecule has 30 heavy (non-hydrogen) atoms. The molecule has 1 heterocycles. The first-order valence-corrected chi connectivity index (χ1v) is 8.63. The third-order valence-electron chi connectivity index (χ3n) is 4.12. The van der Waals surface area contributed by atoms with Crippen LogP contribution in [-0.2, 0) is 22.3 Å². The Morgan fingerprint density at radius 3 is 2.53 bits per heavy atom. The highest BCUT2D eigenvalue weighted by Gasteiger charge is 2.33. The minimum atomic E-state index is -4.61. The van der Waals surface area contributed by atoms with Crippen molar-refractivity contribution in [3.05, 3.63) is 64.1 Å². The maximum atomic E-state index is 13.9. The van der Waals surface area contributed by atoms with Gasteiger partial charge < -0.3 is 15.6 Å². The van der Waals surface area contributed by atoms with Gasteiger partial charge in [0.2, 0.25) is 0 Å². The minimum absolute atomic E-state index is 0.0266. The molecule has 0 unspecified atom stereocenters. The molecule has 154 valence electrons. The first-order valence-electron chi connectivity index (χ1n) is 8.25. The maximum Gasteiger partial charge on any atom is 0.417 e. The quantitative estimate of drug-likeness (QED) is 0.424. The molecule has 0 aliphatic carbocycles. The van der Waals surface area contributed by atoms with Crippen LogP contribution < -0.4 is 10.6 Å². The van der Waals surface area contributed by atoms with Gasteiger partial charge in [0.05, 0.1) is 33.4 Å². The lowest BCUT2D eigenvalue weighted by atomic mass is 10.1. The molecule has 0 aliphatic rings. The highest BCUT2D eigenvalue weighted by Crippen LogP contribution is 2.35. The van der Waals surface area contributed by atoms with Gasteiger partial charge in [-0.25, -0.2) is 4.39 Å². The second kappa shape index (κ2) is 8.04. The second-order valence-electron chi connectivity index (χ2n) is 6.14. The molecule has 0 bridgehead atoms. The number of carbonyl (C=O) groups excluding carboxylic acids is 2. The molecule has 3 rings (SSSR count). The van der Waals surface area contributed by atoms with E-state index in [-0.39, 0.29) is 34.3 Å². The van der Waals surface area contributed by atoms with E-state index in [1.54, 1.807) is 6.07 Å². The van der Waals surface area contributed by atoms with Crippen molar-refractivity contribution >= 4 is 40.0 Å². The molecule has 0 fully saturated rings. The number of amides is 2. The fourth-order valence-corrected chi connectivity index (χ4v) is 3.01. The molecule has 3 aromatic rings. The normalized spacial score (nSPS) is 11.2. The average molecular weight is 439 g/mol. The molecule has 2 aromatic carbocycles. The molecule has 11 heteroatoms. The summed E-state index contributed by atoms with van der Waals surface area (Å²) < 4.78 is 52.1. The van der Waals surface area contributed by atoms with Crippen molar-refractivity contribution in [3.63, 3.8) is 0 Å². The van der Waals surface area contributed by atoms with Crippen LogP contribution in [0.3, 0.4) is 0 Å². The molecule has 0 saturated heterocycles. The number of aromatic amines is 1. The van der Waals surface area contributed by atoms with Crippen molar-refractivity contribution < 1.29 is 27.2 Å². The van der Waals surface area contributed by atoms with E-state index in [9.17, 15) is 27.2 Å². The Labute approximate surface area is 171 Å². The summed E-state index contributed by atoms with van der Waals surface area (Å²) in [5.41, 5.74) is -0.608. The number of rotatable bonds is 3. The summed E-state index contributed by atoms with van der Waals surface area (Å²) in [6, 6.07) is 7.08. The van der Waals surface area contributed by atoms with Crippen LogP contribution in [0.5, 0.6) is 0 Å². The Morgan fingerprint density at radius 1 is 1.17 bits per heavy atom. The highest BCUT2D eigenvalue weighted by atomic mass is 35.5. The number of hydrogen-bond donors (Lipinski definition) is 3. The fraction of sp³-hybridized carbons (Fsp3) is 0.105. The smallest absolute Gasteiger partial charge is 0.357 e. The van der Waals surface area contributed by atoms with Crippen LogP contribution in [0.2, 0.25) is 5.02 Å². The van der Waals surface area contributed by atoms with Gasteiger partial charge in [-0.3, -0.25) is 9.59 Å². The van der Waals surface area contributed by atoms with Crippen molar-refractivity contribution in [3.8, 4) is 6.07 Å². The molecule has 6 nitrogen and oxygen atoms in total. The fourth-order valence-electron chi connectivity index (χ4n) is 2.70. The van der Waals surface area contributed by atoms with Gasteiger partial charge in [-0.05, 0) is 29.8 Å². The van der Waals surface area contributed by atoms with Crippen LogP contribution in [0, 0.1) is 17.1 Å². The molecule has 0 atom stereocenters. The zero-order valence-corrected chi connectivity index (χ0v) is 15.6. The van der Waals surface area contributed by atoms with Crippen molar-refractivity contribution in [2.75, 3.05) is 5.32 Å². The second-order valence-corrected chi connectivity index (χ2v) is 6.55. The number of fused-ring (bicyclic) bond motifs is 1. The van der Waals surface area contributed by atoms with Gasteiger partial charge in [0, 0.05) is 18.1 Å². The summed E-state index contributed by atoms with van der Waals surface area (Å²) in [5, 5.41) is 13.1. The molecule has 3 N–H and O–H groups in total. The number of nitrogens with one attached hydrogen (secondary N) is 3. The van der Waals surface area contributed by atoms with E-state index >= 15 is 0 Å². The summed E-state index contributed by atoms with van der Waals surface area (Å²) in [4.78, 5) is 26.7. The van der Waals surface area contributed by atoms with Crippen LogP contribution in [0.1, 0.15) is 16.7 Å². The van der Waals surface area contributed by atoms with Gasteiger partial charge >= 0.3 is 18.0 Å². The number of carbonyl (C=O) groups is 2. The van der Waals surface area contributed by atoms with Gasteiger partial charge in [0.25, 0.3) is 0 Å². The summed E-state index contributed by atoms with van der Waals surface area (Å²) >= 11 is 5.61. The molecule has 0 saturated carbocycles. The standard InChI is InChI=1S/C19H11ClF4N4O2/c20-13-4-9(1-2-12(13)19(22,23)24)7-27-17(29)18(30)28-15-8-26-16-11(15)3-10(6-25)5-14(16)21/h1-5,8,26H,7H2,(H,27,29)(H,28,30). The van der Waals surface area contributed by atoms with Gasteiger partial charge in [-0.15, -0.1) is 0 Å². The number of benzene rings is 2. The number of halogens is 5. The van der Waals surface area contributed by atoms with Crippen molar-refractivity contribution in [1.29, 1.82) is 5.26 Å². The van der Waals surface area contributed by atoms with Crippen LogP contribution in [-0.4, -0.2) is 16.8 Å². The summed E-state index contributed by atoms with van der Waals surface area (Å²) in [6.45, 7) is -0.245. The monoisotopic (exact) mass is 438 g/mol. The van der Waals surface area contributed by atoms with Gasteiger partial charge in [-0.2, -0.15) is 18.4 Å². The molecule has 0 spiro atoms. The van der Waals surface area contributed by atoms with Gasteiger partial charge in [0.1, 0.15) is 5.82 Å². The number of H-pyrrole nitrogens is 1. The first kappa shape index (κ1) is 21.1. The van der Waals surface area contributed by atoms with E-state index in [0.717, 1.165) is 24.3 Å².